The monoisotopic (exact) mass is 242 g/mol. The molecule has 0 aliphatic carbocycles. The Morgan fingerprint density at radius 2 is 2.12 bits per heavy atom. The molecule has 0 bridgehead atoms. The second kappa shape index (κ2) is 6.54. The highest BCUT2D eigenvalue weighted by Gasteiger charge is 2.10. The molecule has 0 amide bonds. The van der Waals surface area contributed by atoms with Gasteiger partial charge in [0.2, 0.25) is 0 Å². The Balaban J connectivity index is 2.52. The van der Waals surface area contributed by atoms with Crippen molar-refractivity contribution in [3.63, 3.8) is 0 Å². The number of nitrogens with zero attached hydrogens (tertiary/aromatic N) is 1. The quantitative estimate of drug-likeness (QED) is 0.644. The zero-order valence-corrected chi connectivity index (χ0v) is 9.93. The van der Waals surface area contributed by atoms with Crippen LogP contribution in [-0.2, 0) is 0 Å². The standard InChI is InChI=1S/C12H19FN2O2/c1-15(6-7-16)5-4-12(17)9-2-3-10(13)11(14)8-9/h2-3,8,12,16-17H,4-7,14H2,1H3. The summed E-state index contributed by atoms with van der Waals surface area (Å²) in [5.74, 6) is -0.474. The van der Waals surface area contributed by atoms with E-state index in [4.69, 9.17) is 10.8 Å². The molecule has 0 fully saturated rings. The highest BCUT2D eigenvalue weighted by molar-refractivity contribution is 5.43. The van der Waals surface area contributed by atoms with Crippen molar-refractivity contribution in [2.75, 3.05) is 32.5 Å². The van der Waals surface area contributed by atoms with Gasteiger partial charge in [-0.05, 0) is 31.2 Å². The number of rotatable bonds is 6. The van der Waals surface area contributed by atoms with Gasteiger partial charge in [-0.15, -0.1) is 0 Å². The van der Waals surface area contributed by atoms with Crippen LogP contribution in [0, 0.1) is 5.82 Å². The Kier molecular flexibility index (Phi) is 5.34. The van der Waals surface area contributed by atoms with Gasteiger partial charge in [0.1, 0.15) is 5.82 Å². The lowest BCUT2D eigenvalue weighted by molar-refractivity contribution is 0.141. The van der Waals surface area contributed by atoms with E-state index in [-0.39, 0.29) is 12.3 Å². The van der Waals surface area contributed by atoms with Crippen LogP contribution < -0.4 is 5.73 Å². The van der Waals surface area contributed by atoms with Gasteiger partial charge in [-0.3, -0.25) is 0 Å². The van der Waals surface area contributed by atoms with Crippen LogP contribution in [0.3, 0.4) is 0 Å². The molecule has 0 heterocycles. The first-order valence-corrected chi connectivity index (χ1v) is 5.57. The summed E-state index contributed by atoms with van der Waals surface area (Å²) in [7, 11) is 1.86. The van der Waals surface area contributed by atoms with Crippen LogP contribution in [0.4, 0.5) is 10.1 Å². The highest BCUT2D eigenvalue weighted by Crippen LogP contribution is 2.21. The van der Waals surface area contributed by atoms with E-state index in [1.807, 2.05) is 11.9 Å². The maximum absolute atomic E-state index is 12.9. The van der Waals surface area contributed by atoms with Crippen molar-refractivity contribution in [2.24, 2.45) is 0 Å². The Hall–Kier alpha value is -1.17. The number of hydrogen-bond donors (Lipinski definition) is 3. The molecule has 4 nitrogen and oxygen atoms in total. The van der Waals surface area contributed by atoms with Crippen LogP contribution in [0.5, 0.6) is 0 Å². The molecule has 0 saturated carbocycles. The minimum absolute atomic E-state index is 0.0465. The van der Waals surface area contributed by atoms with Gasteiger partial charge in [-0.2, -0.15) is 0 Å². The minimum Gasteiger partial charge on any atom is -0.396 e. The summed E-state index contributed by atoms with van der Waals surface area (Å²) in [5, 5.41) is 18.6. The molecule has 96 valence electrons. The Labute approximate surface area is 100 Å². The molecule has 0 radical (unpaired) electrons. The summed E-state index contributed by atoms with van der Waals surface area (Å²) in [5.41, 5.74) is 6.09. The molecule has 1 aromatic rings. The van der Waals surface area contributed by atoms with Gasteiger partial charge < -0.3 is 20.8 Å². The summed E-state index contributed by atoms with van der Waals surface area (Å²) in [6, 6.07) is 4.24. The summed E-state index contributed by atoms with van der Waals surface area (Å²) in [6.07, 6.45) is -0.152. The molecule has 0 aromatic heterocycles. The Morgan fingerprint density at radius 3 is 2.71 bits per heavy atom. The van der Waals surface area contributed by atoms with E-state index in [9.17, 15) is 9.50 Å². The number of anilines is 1. The zero-order chi connectivity index (χ0) is 12.8. The molecular formula is C12H19FN2O2. The molecule has 4 N–H and O–H groups in total. The van der Waals surface area contributed by atoms with Crippen LogP contribution in [0.15, 0.2) is 18.2 Å². The maximum Gasteiger partial charge on any atom is 0.146 e. The van der Waals surface area contributed by atoms with Gasteiger partial charge in [0.05, 0.1) is 18.4 Å². The van der Waals surface area contributed by atoms with Gasteiger partial charge in [-0.25, -0.2) is 4.39 Å². The van der Waals surface area contributed by atoms with E-state index in [1.165, 1.54) is 18.2 Å². The Morgan fingerprint density at radius 1 is 1.41 bits per heavy atom. The van der Waals surface area contributed by atoms with Crippen LogP contribution >= 0.6 is 0 Å². The molecular weight excluding hydrogens is 223 g/mol. The first kappa shape index (κ1) is 13.9. The largest absolute Gasteiger partial charge is 0.396 e. The molecule has 0 aliphatic rings. The first-order chi connectivity index (χ1) is 8.04. The van der Waals surface area contributed by atoms with E-state index in [0.29, 0.717) is 25.1 Å². The number of likely N-dealkylation sites (N-methyl/N-ethyl adjacent to an activating group) is 1. The van der Waals surface area contributed by atoms with Gasteiger partial charge in [0.25, 0.3) is 0 Å². The van der Waals surface area contributed by atoms with Gasteiger partial charge in [-0.1, -0.05) is 6.07 Å². The van der Waals surface area contributed by atoms with E-state index in [0.717, 1.165) is 0 Å². The maximum atomic E-state index is 12.9. The summed E-state index contributed by atoms with van der Waals surface area (Å²) in [4.78, 5) is 1.91. The van der Waals surface area contributed by atoms with Gasteiger partial charge in [0.15, 0.2) is 0 Å². The van der Waals surface area contributed by atoms with E-state index in [1.54, 1.807) is 0 Å². The zero-order valence-electron chi connectivity index (χ0n) is 9.93. The Bertz CT molecular complexity index is 360. The number of nitrogens with two attached hydrogens (primary N) is 1. The van der Waals surface area contributed by atoms with Gasteiger partial charge >= 0.3 is 0 Å². The van der Waals surface area contributed by atoms with Crippen molar-refractivity contribution in [3.8, 4) is 0 Å². The summed E-state index contributed by atoms with van der Waals surface area (Å²) >= 11 is 0. The predicted molar refractivity (Wildman–Crippen MR) is 65.0 cm³/mol. The molecule has 0 saturated heterocycles. The van der Waals surface area contributed by atoms with Crippen molar-refractivity contribution in [3.05, 3.63) is 29.6 Å². The smallest absolute Gasteiger partial charge is 0.146 e. The van der Waals surface area contributed by atoms with Crippen molar-refractivity contribution in [2.45, 2.75) is 12.5 Å². The topological polar surface area (TPSA) is 69.7 Å². The third-order valence-corrected chi connectivity index (χ3v) is 2.67. The lowest BCUT2D eigenvalue weighted by Gasteiger charge is -2.18. The highest BCUT2D eigenvalue weighted by atomic mass is 19.1. The molecule has 1 atom stereocenters. The fraction of sp³-hybridized carbons (Fsp3) is 0.500. The fourth-order valence-corrected chi connectivity index (χ4v) is 1.56. The predicted octanol–water partition coefficient (Wildman–Crippen LogP) is 0.755. The second-order valence-electron chi connectivity index (χ2n) is 4.11. The van der Waals surface area contributed by atoms with Crippen molar-refractivity contribution >= 4 is 5.69 Å². The number of halogens is 1. The van der Waals surface area contributed by atoms with Crippen LogP contribution in [0.1, 0.15) is 18.1 Å². The molecule has 17 heavy (non-hydrogen) atoms. The molecule has 1 rings (SSSR count). The average molecular weight is 242 g/mol. The number of nitrogen functional groups attached to an aromatic ring is 1. The second-order valence-corrected chi connectivity index (χ2v) is 4.11. The molecule has 1 unspecified atom stereocenters. The number of aliphatic hydroxyl groups excluding tert-OH is 2. The lowest BCUT2D eigenvalue weighted by atomic mass is 10.1. The van der Waals surface area contributed by atoms with E-state index in [2.05, 4.69) is 0 Å². The minimum atomic E-state index is -0.668. The van der Waals surface area contributed by atoms with Crippen molar-refractivity contribution in [1.82, 2.24) is 4.90 Å². The normalized spacial score (nSPS) is 13.0. The molecule has 0 spiro atoms. The third-order valence-electron chi connectivity index (χ3n) is 2.67. The molecule has 0 aliphatic heterocycles. The average Bonchev–Trinajstić information content (AvgIpc) is 2.30. The summed E-state index contributed by atoms with van der Waals surface area (Å²) in [6.45, 7) is 1.31. The van der Waals surface area contributed by atoms with Crippen LogP contribution in [0.25, 0.3) is 0 Å². The summed E-state index contributed by atoms with van der Waals surface area (Å²) < 4.78 is 12.9. The van der Waals surface area contributed by atoms with E-state index < -0.39 is 11.9 Å². The SMILES string of the molecule is CN(CCO)CCC(O)c1ccc(F)c(N)c1. The molecule has 5 heteroatoms. The number of aliphatic hydroxyl groups is 2. The van der Waals surface area contributed by atoms with Crippen molar-refractivity contribution < 1.29 is 14.6 Å². The van der Waals surface area contributed by atoms with Crippen molar-refractivity contribution in [1.29, 1.82) is 0 Å². The van der Waals surface area contributed by atoms with Gasteiger partial charge in [0, 0.05) is 13.1 Å². The van der Waals surface area contributed by atoms with E-state index >= 15 is 0 Å². The number of hydrogen-bond acceptors (Lipinski definition) is 4. The van der Waals surface area contributed by atoms with Crippen LogP contribution in [-0.4, -0.2) is 41.9 Å². The lowest BCUT2D eigenvalue weighted by Crippen LogP contribution is -2.24. The molecule has 1 aromatic carbocycles. The van der Waals surface area contributed by atoms with Crippen LogP contribution in [0.2, 0.25) is 0 Å². The first-order valence-electron chi connectivity index (χ1n) is 5.57. The number of benzene rings is 1. The third kappa shape index (κ3) is 4.30. The fourth-order valence-electron chi connectivity index (χ4n) is 1.56.